The van der Waals surface area contributed by atoms with Gasteiger partial charge in [-0.2, -0.15) is 0 Å². The Kier molecular flexibility index (Phi) is 2.45. The first-order valence-corrected chi connectivity index (χ1v) is 5.82. The van der Waals surface area contributed by atoms with Gasteiger partial charge in [0.25, 0.3) is 0 Å². The third kappa shape index (κ3) is 1.62. The second-order valence-electron chi connectivity index (χ2n) is 4.46. The number of nitrogens with one attached hydrogen (secondary N) is 1. The van der Waals surface area contributed by atoms with Crippen LogP contribution >= 0.6 is 0 Å². The SMILES string of the molecule is O=C(O)c1nc(C2CCNC2)n2cc(O)ccc12. The largest absolute Gasteiger partial charge is 0.506 e. The molecule has 0 saturated carbocycles. The van der Waals surface area contributed by atoms with E-state index in [4.69, 9.17) is 5.11 Å². The lowest BCUT2D eigenvalue weighted by atomic mass is 10.1. The number of aromatic hydroxyl groups is 1. The van der Waals surface area contributed by atoms with Crippen molar-refractivity contribution >= 4 is 11.5 Å². The highest BCUT2D eigenvalue weighted by molar-refractivity contribution is 5.93. The van der Waals surface area contributed by atoms with E-state index in [1.165, 1.54) is 12.3 Å². The zero-order valence-electron chi connectivity index (χ0n) is 9.63. The minimum Gasteiger partial charge on any atom is -0.506 e. The van der Waals surface area contributed by atoms with Crippen LogP contribution in [0.3, 0.4) is 0 Å². The molecule has 0 spiro atoms. The van der Waals surface area contributed by atoms with Crippen LogP contribution in [0.15, 0.2) is 18.3 Å². The summed E-state index contributed by atoms with van der Waals surface area (Å²) in [7, 11) is 0. The molecule has 1 aliphatic rings. The molecule has 0 radical (unpaired) electrons. The van der Waals surface area contributed by atoms with Crippen molar-refractivity contribution in [2.45, 2.75) is 12.3 Å². The lowest BCUT2D eigenvalue weighted by Crippen LogP contribution is -2.10. The van der Waals surface area contributed by atoms with E-state index in [9.17, 15) is 9.90 Å². The molecule has 0 amide bonds. The molecule has 0 bridgehead atoms. The van der Waals surface area contributed by atoms with E-state index in [-0.39, 0.29) is 17.4 Å². The number of pyridine rings is 1. The van der Waals surface area contributed by atoms with Gasteiger partial charge in [-0.1, -0.05) is 0 Å². The van der Waals surface area contributed by atoms with Gasteiger partial charge in [-0.25, -0.2) is 9.78 Å². The number of carboxylic acids is 1. The number of hydrogen-bond donors (Lipinski definition) is 3. The van der Waals surface area contributed by atoms with Crippen LogP contribution in [0.25, 0.3) is 5.52 Å². The van der Waals surface area contributed by atoms with Crippen LogP contribution in [0.2, 0.25) is 0 Å². The first kappa shape index (κ1) is 11.0. The molecule has 2 aromatic heterocycles. The lowest BCUT2D eigenvalue weighted by molar-refractivity contribution is 0.0693. The molecule has 18 heavy (non-hydrogen) atoms. The van der Waals surface area contributed by atoms with Gasteiger partial charge in [-0.05, 0) is 25.1 Å². The van der Waals surface area contributed by atoms with Crippen LogP contribution in [-0.2, 0) is 0 Å². The number of aromatic nitrogens is 2. The molecule has 6 nitrogen and oxygen atoms in total. The minimum absolute atomic E-state index is 0.0388. The highest BCUT2D eigenvalue weighted by Gasteiger charge is 2.25. The van der Waals surface area contributed by atoms with Gasteiger partial charge >= 0.3 is 5.97 Å². The summed E-state index contributed by atoms with van der Waals surface area (Å²) in [5, 5.41) is 21.9. The maximum absolute atomic E-state index is 11.2. The third-order valence-corrected chi connectivity index (χ3v) is 3.28. The minimum atomic E-state index is -1.05. The molecule has 1 unspecified atom stereocenters. The van der Waals surface area contributed by atoms with E-state index < -0.39 is 5.97 Å². The summed E-state index contributed by atoms with van der Waals surface area (Å²) in [6.45, 7) is 1.69. The molecular formula is C12H13N3O3. The second-order valence-corrected chi connectivity index (χ2v) is 4.46. The zero-order valence-corrected chi connectivity index (χ0v) is 9.63. The second kappa shape index (κ2) is 3.99. The fourth-order valence-corrected chi connectivity index (χ4v) is 2.42. The normalized spacial score (nSPS) is 19.4. The Morgan fingerprint density at radius 2 is 2.33 bits per heavy atom. The Hall–Kier alpha value is -2.08. The fraction of sp³-hybridized carbons (Fsp3) is 0.333. The molecule has 2 aromatic rings. The van der Waals surface area contributed by atoms with E-state index in [2.05, 4.69) is 10.3 Å². The number of nitrogens with zero attached hydrogens (tertiary/aromatic N) is 2. The van der Waals surface area contributed by atoms with E-state index >= 15 is 0 Å². The summed E-state index contributed by atoms with van der Waals surface area (Å²) in [6.07, 6.45) is 2.44. The van der Waals surface area contributed by atoms with Crippen molar-refractivity contribution in [1.29, 1.82) is 0 Å². The molecule has 3 N–H and O–H groups in total. The summed E-state index contributed by atoms with van der Waals surface area (Å²) in [6, 6.07) is 3.05. The number of fused-ring (bicyclic) bond motifs is 1. The van der Waals surface area contributed by atoms with Crippen LogP contribution in [0, 0.1) is 0 Å². The molecular weight excluding hydrogens is 234 g/mol. The molecule has 1 aliphatic heterocycles. The van der Waals surface area contributed by atoms with Crippen molar-refractivity contribution in [2.24, 2.45) is 0 Å². The van der Waals surface area contributed by atoms with Gasteiger partial charge < -0.3 is 15.5 Å². The van der Waals surface area contributed by atoms with E-state index in [0.29, 0.717) is 11.3 Å². The lowest BCUT2D eigenvalue weighted by Gasteiger charge is -2.07. The maximum Gasteiger partial charge on any atom is 0.356 e. The Morgan fingerprint density at radius 3 is 3.00 bits per heavy atom. The summed E-state index contributed by atoms with van der Waals surface area (Å²) < 4.78 is 1.68. The summed E-state index contributed by atoms with van der Waals surface area (Å²) >= 11 is 0. The Bertz CT molecular complexity index is 614. The predicted molar refractivity (Wildman–Crippen MR) is 64.0 cm³/mol. The van der Waals surface area contributed by atoms with Crippen molar-refractivity contribution < 1.29 is 15.0 Å². The standard InChI is InChI=1S/C12H13N3O3/c16-8-1-2-9-10(12(17)18)14-11(15(9)6-8)7-3-4-13-5-7/h1-2,6-7,13,16H,3-5H2,(H,17,18). The van der Waals surface area contributed by atoms with E-state index in [1.54, 1.807) is 10.5 Å². The topological polar surface area (TPSA) is 86.9 Å². The van der Waals surface area contributed by atoms with E-state index in [0.717, 1.165) is 19.5 Å². The number of carbonyl (C=O) groups is 1. The fourth-order valence-electron chi connectivity index (χ4n) is 2.42. The summed E-state index contributed by atoms with van der Waals surface area (Å²) in [5.74, 6) is -0.0601. The smallest absolute Gasteiger partial charge is 0.356 e. The zero-order chi connectivity index (χ0) is 12.7. The number of rotatable bonds is 2. The average molecular weight is 247 g/mol. The number of aromatic carboxylic acids is 1. The molecule has 6 heteroatoms. The Labute approximate surface area is 103 Å². The maximum atomic E-state index is 11.2. The van der Waals surface area contributed by atoms with Crippen LogP contribution in [0.4, 0.5) is 0 Å². The highest BCUT2D eigenvalue weighted by atomic mass is 16.4. The van der Waals surface area contributed by atoms with Gasteiger partial charge in [0.05, 0.1) is 11.7 Å². The number of imidazole rings is 1. The molecule has 1 saturated heterocycles. The Balaban J connectivity index is 2.23. The average Bonchev–Trinajstić information content (AvgIpc) is 2.93. The van der Waals surface area contributed by atoms with Crippen molar-refractivity contribution in [3.05, 3.63) is 29.8 Å². The number of carboxylic acid groups (broad SMARTS) is 1. The quantitative estimate of drug-likeness (QED) is 0.731. The van der Waals surface area contributed by atoms with Crippen LogP contribution in [0.1, 0.15) is 28.7 Å². The Morgan fingerprint density at radius 1 is 1.50 bits per heavy atom. The van der Waals surface area contributed by atoms with Gasteiger partial charge in [0.15, 0.2) is 5.69 Å². The van der Waals surface area contributed by atoms with Crippen molar-refractivity contribution in [3.8, 4) is 5.75 Å². The molecule has 3 rings (SSSR count). The predicted octanol–water partition coefficient (Wildman–Crippen LogP) is 0.815. The third-order valence-electron chi connectivity index (χ3n) is 3.28. The molecule has 0 aliphatic carbocycles. The summed E-state index contributed by atoms with van der Waals surface area (Å²) in [5.41, 5.74) is 0.555. The molecule has 1 fully saturated rings. The van der Waals surface area contributed by atoms with Gasteiger partial charge in [0, 0.05) is 12.5 Å². The van der Waals surface area contributed by atoms with Crippen molar-refractivity contribution in [2.75, 3.05) is 13.1 Å². The van der Waals surface area contributed by atoms with Crippen LogP contribution in [-0.4, -0.2) is 38.7 Å². The van der Waals surface area contributed by atoms with Crippen LogP contribution in [0.5, 0.6) is 5.75 Å². The molecule has 3 heterocycles. The monoisotopic (exact) mass is 247 g/mol. The van der Waals surface area contributed by atoms with Crippen molar-refractivity contribution in [1.82, 2.24) is 14.7 Å². The van der Waals surface area contributed by atoms with Gasteiger partial charge in [-0.3, -0.25) is 4.40 Å². The molecule has 0 aromatic carbocycles. The first-order valence-electron chi connectivity index (χ1n) is 5.82. The highest BCUT2D eigenvalue weighted by Crippen LogP contribution is 2.26. The van der Waals surface area contributed by atoms with Crippen LogP contribution < -0.4 is 5.32 Å². The molecule has 94 valence electrons. The van der Waals surface area contributed by atoms with Crippen molar-refractivity contribution in [3.63, 3.8) is 0 Å². The van der Waals surface area contributed by atoms with Gasteiger partial charge in [0.2, 0.25) is 0 Å². The first-order chi connectivity index (χ1) is 8.66. The number of hydrogen-bond acceptors (Lipinski definition) is 4. The van der Waals surface area contributed by atoms with Gasteiger partial charge in [-0.15, -0.1) is 0 Å². The summed E-state index contributed by atoms with van der Waals surface area (Å²) in [4.78, 5) is 15.4. The van der Waals surface area contributed by atoms with Gasteiger partial charge in [0.1, 0.15) is 11.6 Å². The van der Waals surface area contributed by atoms with E-state index in [1.807, 2.05) is 0 Å². The molecule has 1 atom stereocenters.